The van der Waals surface area contributed by atoms with Gasteiger partial charge in [0, 0.05) is 0 Å². The van der Waals surface area contributed by atoms with E-state index in [1.807, 2.05) is 0 Å². The Hall–Kier alpha value is -1.98. The Labute approximate surface area is 113 Å². The molecule has 0 nitrogen and oxygen atoms in total. The van der Waals surface area contributed by atoms with Crippen LogP contribution in [-0.2, 0) is 12.4 Å². The molecule has 0 aliphatic rings. The van der Waals surface area contributed by atoms with Crippen molar-refractivity contribution in [3.63, 3.8) is 0 Å². The van der Waals surface area contributed by atoms with E-state index in [4.69, 9.17) is 2.74 Å². The summed E-state index contributed by atoms with van der Waals surface area (Å²) in [5, 5.41) is 0. The van der Waals surface area contributed by atoms with E-state index in [1.165, 1.54) is 0 Å². The van der Waals surface area contributed by atoms with Crippen molar-refractivity contribution in [1.82, 2.24) is 0 Å². The number of halogens is 6. The highest BCUT2D eigenvalue weighted by molar-refractivity contribution is 5.71. The molecular weight excluding hydrogens is 282 g/mol. The summed E-state index contributed by atoms with van der Waals surface area (Å²) in [6.07, 6.45) is -9.79. The average Bonchev–Trinajstić information content (AvgIpc) is 2.37. The van der Waals surface area contributed by atoms with Gasteiger partial charge in [0.15, 0.2) is 0 Å². The fourth-order valence-electron chi connectivity index (χ4n) is 1.80. The van der Waals surface area contributed by atoms with Crippen LogP contribution in [0.5, 0.6) is 0 Å². The van der Waals surface area contributed by atoms with Crippen LogP contribution in [0.2, 0.25) is 0 Å². The summed E-state index contributed by atoms with van der Waals surface area (Å²) in [7, 11) is 0. The fourth-order valence-corrected chi connectivity index (χ4v) is 1.80. The minimum absolute atomic E-state index is 0.457. The minimum atomic E-state index is -4.89. The first-order chi connectivity index (χ1) is 10.00. The lowest BCUT2D eigenvalue weighted by atomic mass is 9.95. The Bertz CT molecular complexity index is 642. The lowest BCUT2D eigenvalue weighted by Gasteiger charge is -2.17. The second-order valence-corrected chi connectivity index (χ2v) is 3.94. The van der Waals surface area contributed by atoms with Gasteiger partial charge in [0.25, 0.3) is 0 Å². The number of alkyl halides is 6. The lowest BCUT2D eigenvalue weighted by molar-refractivity contribution is -0.139. The largest absolute Gasteiger partial charge is 0.417 e. The maximum atomic E-state index is 13.0. The summed E-state index contributed by atoms with van der Waals surface area (Å²) in [4.78, 5) is 0. The Morgan fingerprint density at radius 1 is 0.650 bits per heavy atom. The van der Waals surface area contributed by atoms with E-state index in [-0.39, 0.29) is 0 Å². The smallest absolute Gasteiger partial charge is 0.166 e. The van der Waals surface area contributed by atoms with Gasteiger partial charge in [0.1, 0.15) is 0 Å². The molecule has 2 aromatic carbocycles. The Morgan fingerprint density at radius 2 is 1.00 bits per heavy atom. The van der Waals surface area contributed by atoms with Crippen molar-refractivity contribution in [3.05, 3.63) is 59.6 Å². The normalized spacial score (nSPS) is 13.9. The van der Waals surface area contributed by atoms with E-state index < -0.39 is 46.7 Å². The van der Waals surface area contributed by atoms with Gasteiger partial charge in [0.05, 0.1) is 13.9 Å². The standard InChI is InChI=1S/C14H8F6/c15-13(16,17)11-7-3-1-5-9(11)10-6-2-4-8-12(10)14(18,19)20/h1-8H/i3D,4D. The quantitative estimate of drug-likeness (QED) is 0.618. The molecule has 0 unspecified atom stereocenters. The van der Waals surface area contributed by atoms with Crippen LogP contribution in [0.3, 0.4) is 0 Å². The highest BCUT2D eigenvalue weighted by atomic mass is 19.4. The van der Waals surface area contributed by atoms with Crippen LogP contribution in [0, 0.1) is 0 Å². The van der Waals surface area contributed by atoms with E-state index in [1.54, 1.807) is 0 Å². The molecule has 2 aromatic rings. The summed E-state index contributed by atoms with van der Waals surface area (Å²) in [5.41, 5.74) is -3.97. The summed E-state index contributed by atoms with van der Waals surface area (Å²) < 4.78 is 92.6. The van der Waals surface area contributed by atoms with Gasteiger partial charge in [-0.1, -0.05) is 36.4 Å². The summed E-state index contributed by atoms with van der Waals surface area (Å²) in [5.74, 6) is 0. The van der Waals surface area contributed by atoms with Crippen molar-refractivity contribution < 1.29 is 29.1 Å². The van der Waals surface area contributed by atoms with E-state index in [0.29, 0.717) is 12.1 Å². The third kappa shape index (κ3) is 2.79. The molecule has 0 bridgehead atoms. The topological polar surface area (TPSA) is 0 Å². The second-order valence-electron chi connectivity index (χ2n) is 3.94. The number of hydrogen-bond donors (Lipinski definition) is 0. The Morgan fingerprint density at radius 3 is 1.30 bits per heavy atom. The van der Waals surface area contributed by atoms with E-state index in [0.717, 1.165) is 24.3 Å². The molecule has 0 amide bonds. The average molecular weight is 292 g/mol. The number of benzene rings is 2. The van der Waals surface area contributed by atoms with E-state index in [2.05, 4.69) is 0 Å². The van der Waals surface area contributed by atoms with Gasteiger partial charge in [-0.3, -0.25) is 0 Å². The predicted molar refractivity (Wildman–Crippen MR) is 61.9 cm³/mol. The van der Waals surface area contributed by atoms with Crippen LogP contribution in [0.1, 0.15) is 13.9 Å². The van der Waals surface area contributed by atoms with Gasteiger partial charge in [0.2, 0.25) is 0 Å². The van der Waals surface area contributed by atoms with Crippen molar-refractivity contribution >= 4 is 0 Å². The number of hydrogen-bond acceptors (Lipinski definition) is 0. The Kier molecular flexibility index (Phi) is 2.86. The molecule has 0 aromatic heterocycles. The second kappa shape index (κ2) is 4.85. The zero-order chi connectivity index (χ0) is 16.7. The van der Waals surface area contributed by atoms with Gasteiger partial charge >= 0.3 is 12.4 Å². The molecular formula is C14H8F6. The van der Waals surface area contributed by atoms with Crippen molar-refractivity contribution in [1.29, 1.82) is 0 Å². The summed E-state index contributed by atoms with van der Waals surface area (Å²) >= 11 is 0. The molecule has 2 rings (SSSR count). The van der Waals surface area contributed by atoms with Crippen molar-refractivity contribution in [2.24, 2.45) is 0 Å². The molecule has 0 fully saturated rings. The van der Waals surface area contributed by atoms with Gasteiger partial charge in [-0.15, -0.1) is 0 Å². The van der Waals surface area contributed by atoms with Crippen molar-refractivity contribution in [3.8, 4) is 11.1 Å². The van der Waals surface area contributed by atoms with Crippen LogP contribution >= 0.6 is 0 Å². The van der Waals surface area contributed by atoms with E-state index in [9.17, 15) is 26.3 Å². The van der Waals surface area contributed by atoms with Crippen LogP contribution in [0.15, 0.2) is 48.5 Å². The summed E-state index contributed by atoms with van der Waals surface area (Å²) in [6.45, 7) is 0. The monoisotopic (exact) mass is 292 g/mol. The van der Waals surface area contributed by atoms with Gasteiger partial charge in [-0.2, -0.15) is 26.3 Å². The molecule has 0 N–H and O–H groups in total. The SMILES string of the molecule is [2H]c1ccc(-c2ccc([2H])cc2C(F)(F)F)c(C(F)(F)F)c1. The number of rotatable bonds is 1. The fraction of sp³-hybridized carbons (Fsp3) is 0.143. The highest BCUT2D eigenvalue weighted by Gasteiger charge is 2.37. The molecule has 0 heterocycles. The molecule has 0 spiro atoms. The molecule has 0 aliphatic carbocycles. The third-order valence-corrected chi connectivity index (χ3v) is 2.63. The predicted octanol–water partition coefficient (Wildman–Crippen LogP) is 5.39. The Balaban J connectivity index is 2.78. The first-order valence-corrected chi connectivity index (χ1v) is 5.36. The van der Waals surface area contributed by atoms with Gasteiger partial charge in [-0.25, -0.2) is 0 Å². The lowest BCUT2D eigenvalue weighted by Crippen LogP contribution is -2.11. The maximum Gasteiger partial charge on any atom is 0.417 e. The summed E-state index contributed by atoms with van der Waals surface area (Å²) in [6, 6.07) is 3.68. The van der Waals surface area contributed by atoms with Gasteiger partial charge in [-0.05, 0) is 23.3 Å². The highest BCUT2D eigenvalue weighted by Crippen LogP contribution is 2.42. The van der Waals surface area contributed by atoms with Crippen LogP contribution in [0.4, 0.5) is 26.3 Å². The first-order valence-electron chi connectivity index (χ1n) is 6.36. The maximum absolute atomic E-state index is 13.0. The molecule has 6 heteroatoms. The minimum Gasteiger partial charge on any atom is -0.166 e. The molecule has 20 heavy (non-hydrogen) atoms. The van der Waals surface area contributed by atoms with E-state index >= 15 is 0 Å². The molecule has 0 atom stereocenters. The molecule has 0 radical (unpaired) electrons. The van der Waals surface area contributed by atoms with Crippen LogP contribution < -0.4 is 0 Å². The van der Waals surface area contributed by atoms with Crippen LogP contribution in [0.25, 0.3) is 11.1 Å². The zero-order valence-corrected chi connectivity index (χ0v) is 9.73. The van der Waals surface area contributed by atoms with Crippen LogP contribution in [-0.4, -0.2) is 0 Å². The van der Waals surface area contributed by atoms with Gasteiger partial charge < -0.3 is 0 Å². The molecule has 106 valence electrons. The van der Waals surface area contributed by atoms with Crippen molar-refractivity contribution in [2.75, 3.05) is 0 Å². The zero-order valence-electron chi connectivity index (χ0n) is 11.7. The third-order valence-electron chi connectivity index (χ3n) is 2.63. The molecule has 0 aliphatic heterocycles. The van der Waals surface area contributed by atoms with Crippen molar-refractivity contribution in [2.45, 2.75) is 12.4 Å². The molecule has 0 saturated carbocycles. The first kappa shape index (κ1) is 11.8. The molecule has 0 saturated heterocycles.